The van der Waals surface area contributed by atoms with Crippen LogP contribution in [0.2, 0.25) is 0 Å². The van der Waals surface area contributed by atoms with E-state index in [9.17, 15) is 0 Å². The molecule has 8 rings (SSSR count). The van der Waals surface area contributed by atoms with E-state index in [4.69, 9.17) is 4.98 Å². The summed E-state index contributed by atoms with van der Waals surface area (Å²) in [5.41, 5.74) is 9.37. The summed E-state index contributed by atoms with van der Waals surface area (Å²) in [4.78, 5) is 4.72. The van der Waals surface area contributed by atoms with Crippen LogP contribution in [0.3, 0.4) is 0 Å². The molecule has 5 aromatic carbocycles. The minimum atomic E-state index is 1.13. The average molecular weight is 486 g/mol. The second-order valence-electron chi connectivity index (χ2n) is 9.69. The summed E-state index contributed by atoms with van der Waals surface area (Å²) in [6.45, 7) is 0. The first-order valence-electron chi connectivity index (χ1n) is 12.9. The Morgan fingerprint density at radius 3 is 1.68 bits per heavy atom. The minimum absolute atomic E-state index is 1.13. The Morgan fingerprint density at radius 2 is 0.974 bits per heavy atom. The Labute approximate surface area is 219 Å². The van der Waals surface area contributed by atoms with E-state index in [1.165, 1.54) is 43.9 Å². The molecule has 0 spiro atoms. The zero-order chi connectivity index (χ0) is 25.1. The lowest BCUT2D eigenvalue weighted by atomic mass is 10.0. The maximum atomic E-state index is 4.72. The molecule has 0 radical (unpaired) electrons. The number of rotatable bonds is 3. The number of aromatic nitrogens is 3. The van der Waals surface area contributed by atoms with Gasteiger partial charge in [-0.1, -0.05) is 78.9 Å². The highest BCUT2D eigenvalue weighted by atomic mass is 15.0. The molecule has 3 nitrogen and oxygen atoms in total. The fourth-order valence-corrected chi connectivity index (χ4v) is 5.96. The molecule has 0 amide bonds. The lowest BCUT2D eigenvalue weighted by molar-refractivity contribution is 1.17. The molecule has 0 aliphatic heterocycles. The van der Waals surface area contributed by atoms with Gasteiger partial charge in [0.25, 0.3) is 0 Å². The predicted molar refractivity (Wildman–Crippen MR) is 158 cm³/mol. The van der Waals surface area contributed by atoms with Crippen LogP contribution < -0.4 is 0 Å². The van der Waals surface area contributed by atoms with Gasteiger partial charge in [0.1, 0.15) is 0 Å². The first-order valence-corrected chi connectivity index (χ1v) is 12.9. The fraction of sp³-hybridized carbons (Fsp3) is 0. The van der Waals surface area contributed by atoms with E-state index in [0.717, 1.165) is 22.2 Å². The molecule has 3 heterocycles. The number of fused-ring (bicyclic) bond motifs is 6. The summed E-state index contributed by atoms with van der Waals surface area (Å²) in [6, 6.07) is 45.3. The summed E-state index contributed by atoms with van der Waals surface area (Å²) in [5.74, 6) is 0. The third kappa shape index (κ3) is 2.99. The zero-order valence-electron chi connectivity index (χ0n) is 20.6. The molecule has 0 bridgehead atoms. The largest absolute Gasteiger partial charge is 0.309 e. The third-order valence-electron chi connectivity index (χ3n) is 7.59. The van der Waals surface area contributed by atoms with Gasteiger partial charge in [-0.2, -0.15) is 0 Å². The first kappa shape index (κ1) is 21.0. The van der Waals surface area contributed by atoms with E-state index in [2.05, 4.69) is 137 Å². The number of hydrogen-bond donors (Lipinski definition) is 0. The summed E-state index contributed by atoms with van der Waals surface area (Å²) in [6.07, 6.45) is 4.01. The van der Waals surface area contributed by atoms with Crippen molar-refractivity contribution in [1.82, 2.24) is 14.1 Å². The smallest absolute Gasteiger partial charge is 0.0650 e. The second-order valence-corrected chi connectivity index (χ2v) is 9.69. The van der Waals surface area contributed by atoms with E-state index in [-0.39, 0.29) is 0 Å². The van der Waals surface area contributed by atoms with Crippen LogP contribution in [0, 0.1) is 0 Å². The van der Waals surface area contributed by atoms with E-state index in [0.29, 0.717) is 0 Å². The van der Waals surface area contributed by atoms with Crippen molar-refractivity contribution >= 4 is 43.6 Å². The van der Waals surface area contributed by atoms with Crippen LogP contribution in [-0.4, -0.2) is 14.1 Å². The van der Waals surface area contributed by atoms with Gasteiger partial charge >= 0.3 is 0 Å². The first-order chi connectivity index (χ1) is 18.9. The lowest BCUT2D eigenvalue weighted by Gasteiger charge is -2.12. The molecule has 8 aromatic rings. The van der Waals surface area contributed by atoms with Crippen molar-refractivity contribution in [3.05, 3.63) is 140 Å². The summed E-state index contributed by atoms with van der Waals surface area (Å²) >= 11 is 0. The fourth-order valence-electron chi connectivity index (χ4n) is 5.96. The second kappa shape index (κ2) is 8.19. The van der Waals surface area contributed by atoms with Crippen molar-refractivity contribution in [2.24, 2.45) is 0 Å². The van der Waals surface area contributed by atoms with E-state index >= 15 is 0 Å². The van der Waals surface area contributed by atoms with Crippen molar-refractivity contribution in [3.8, 4) is 22.5 Å². The van der Waals surface area contributed by atoms with E-state index < -0.39 is 0 Å². The molecule has 0 unspecified atom stereocenters. The Kier molecular flexibility index (Phi) is 4.52. The Morgan fingerprint density at radius 1 is 0.421 bits per heavy atom. The van der Waals surface area contributed by atoms with Crippen LogP contribution in [0.25, 0.3) is 66.1 Å². The van der Waals surface area contributed by atoms with Gasteiger partial charge in [0, 0.05) is 50.9 Å². The number of benzene rings is 5. The van der Waals surface area contributed by atoms with Gasteiger partial charge in [-0.15, -0.1) is 0 Å². The van der Waals surface area contributed by atoms with E-state index in [1.807, 2.05) is 12.4 Å². The molecule has 0 atom stereocenters. The van der Waals surface area contributed by atoms with Gasteiger partial charge in [0.15, 0.2) is 0 Å². The lowest BCUT2D eigenvalue weighted by Crippen LogP contribution is -1.96. The van der Waals surface area contributed by atoms with Gasteiger partial charge in [0.2, 0.25) is 0 Å². The highest BCUT2D eigenvalue weighted by molar-refractivity contribution is 6.15. The zero-order valence-corrected chi connectivity index (χ0v) is 20.6. The maximum Gasteiger partial charge on any atom is 0.0650 e. The highest BCUT2D eigenvalue weighted by Crippen LogP contribution is 2.40. The molecule has 178 valence electrons. The SMILES string of the molecule is c1ccc(-n2c3ccccc3c3cc(-c4cncc5c6ccccc6n(-c6ccccc6)c45)ccc32)cc1. The van der Waals surface area contributed by atoms with E-state index in [1.54, 1.807) is 0 Å². The molecule has 3 aromatic heterocycles. The summed E-state index contributed by atoms with van der Waals surface area (Å²) < 4.78 is 4.73. The average Bonchev–Trinajstić information content (AvgIpc) is 3.51. The van der Waals surface area contributed by atoms with Gasteiger partial charge in [-0.3, -0.25) is 4.98 Å². The molecule has 38 heavy (non-hydrogen) atoms. The van der Waals surface area contributed by atoms with Crippen LogP contribution in [-0.2, 0) is 0 Å². The molecule has 0 aliphatic rings. The standard InChI is InChI=1S/C35H23N3/c1-3-11-25(12-4-1)37-32-17-9-7-15-27(32)29-21-24(19-20-34(29)37)30-22-36-23-31-28-16-8-10-18-33(28)38(35(30)31)26-13-5-2-6-14-26/h1-23H. The van der Waals surface area contributed by atoms with Crippen LogP contribution in [0.1, 0.15) is 0 Å². The Bertz CT molecular complexity index is 2120. The number of nitrogens with zero attached hydrogens (tertiary/aromatic N) is 3. The number of pyridine rings is 1. The summed E-state index contributed by atoms with van der Waals surface area (Å²) in [7, 11) is 0. The predicted octanol–water partition coefficient (Wildman–Crippen LogP) is 8.94. The quantitative estimate of drug-likeness (QED) is 0.245. The number of hydrogen-bond acceptors (Lipinski definition) is 1. The van der Waals surface area contributed by atoms with Crippen molar-refractivity contribution in [2.75, 3.05) is 0 Å². The molecule has 0 aliphatic carbocycles. The molecule has 3 heteroatoms. The van der Waals surface area contributed by atoms with Gasteiger partial charge < -0.3 is 9.13 Å². The Balaban J connectivity index is 1.46. The van der Waals surface area contributed by atoms with Crippen LogP contribution in [0.15, 0.2) is 140 Å². The van der Waals surface area contributed by atoms with Crippen molar-refractivity contribution in [3.63, 3.8) is 0 Å². The molecule has 0 N–H and O–H groups in total. The molecular weight excluding hydrogens is 462 g/mol. The van der Waals surface area contributed by atoms with Gasteiger partial charge in [0.05, 0.1) is 22.1 Å². The molecule has 0 saturated heterocycles. The van der Waals surface area contributed by atoms with Crippen molar-refractivity contribution < 1.29 is 0 Å². The van der Waals surface area contributed by atoms with Crippen molar-refractivity contribution in [1.29, 1.82) is 0 Å². The molecular formula is C35H23N3. The number of para-hydroxylation sites is 4. The maximum absolute atomic E-state index is 4.72. The minimum Gasteiger partial charge on any atom is -0.309 e. The Hall–Kier alpha value is -5.15. The topological polar surface area (TPSA) is 22.8 Å². The summed E-state index contributed by atoms with van der Waals surface area (Å²) in [5, 5.41) is 4.86. The normalized spacial score (nSPS) is 11.7. The van der Waals surface area contributed by atoms with Gasteiger partial charge in [-0.25, -0.2) is 0 Å². The van der Waals surface area contributed by atoms with Crippen LogP contribution in [0.4, 0.5) is 0 Å². The van der Waals surface area contributed by atoms with Crippen molar-refractivity contribution in [2.45, 2.75) is 0 Å². The third-order valence-corrected chi connectivity index (χ3v) is 7.59. The highest BCUT2D eigenvalue weighted by Gasteiger charge is 2.18. The van der Waals surface area contributed by atoms with Gasteiger partial charge in [-0.05, 0) is 54.1 Å². The molecule has 0 fully saturated rings. The van der Waals surface area contributed by atoms with Crippen LogP contribution >= 0.6 is 0 Å². The van der Waals surface area contributed by atoms with Crippen LogP contribution in [0.5, 0.6) is 0 Å². The molecule has 0 saturated carbocycles. The monoisotopic (exact) mass is 485 g/mol.